The Bertz CT molecular complexity index is 490. The van der Waals surface area contributed by atoms with Crippen LogP contribution in [-0.4, -0.2) is 24.1 Å². The van der Waals surface area contributed by atoms with Crippen LogP contribution in [0.5, 0.6) is 0 Å². The number of nitrogens with zero attached hydrogens (tertiary/aromatic N) is 2. The first-order valence-corrected chi connectivity index (χ1v) is 7.18. The lowest BCUT2D eigenvalue weighted by Gasteiger charge is -2.25. The van der Waals surface area contributed by atoms with Gasteiger partial charge < -0.3 is 15.8 Å². The second-order valence-electron chi connectivity index (χ2n) is 5.31. The molecule has 1 saturated heterocycles. The molecule has 0 radical (unpaired) electrons. The van der Waals surface area contributed by atoms with Crippen molar-refractivity contribution in [2.75, 3.05) is 18.0 Å². The van der Waals surface area contributed by atoms with Gasteiger partial charge in [-0.05, 0) is 37.3 Å². The molecule has 0 bridgehead atoms. The van der Waals surface area contributed by atoms with Crippen LogP contribution in [0.2, 0.25) is 0 Å². The van der Waals surface area contributed by atoms with Crippen molar-refractivity contribution in [3.8, 4) is 0 Å². The minimum atomic E-state index is -0.450. The standard InChI is InChI=1S/C15H22FN3O/c1-2-11-5-4-9-19(10-8-11)13-7-3-6-12(16)14(13)15(17)18-20/h3,6-7,11,20H,2,4-5,8-10H2,1H3,(H2,17,18). The molecule has 2 rings (SSSR count). The highest BCUT2D eigenvalue weighted by atomic mass is 19.1. The first kappa shape index (κ1) is 14.6. The van der Waals surface area contributed by atoms with Crippen LogP contribution < -0.4 is 10.6 Å². The van der Waals surface area contributed by atoms with Crippen molar-refractivity contribution in [1.29, 1.82) is 0 Å². The van der Waals surface area contributed by atoms with Crippen molar-refractivity contribution in [1.82, 2.24) is 0 Å². The zero-order chi connectivity index (χ0) is 14.5. The zero-order valence-corrected chi connectivity index (χ0v) is 11.8. The monoisotopic (exact) mass is 279 g/mol. The van der Waals surface area contributed by atoms with Gasteiger partial charge in [0.2, 0.25) is 0 Å². The molecule has 1 aromatic rings. The van der Waals surface area contributed by atoms with Gasteiger partial charge in [0.15, 0.2) is 5.84 Å². The summed E-state index contributed by atoms with van der Waals surface area (Å²) in [5.74, 6) is 0.115. The van der Waals surface area contributed by atoms with E-state index in [1.807, 2.05) is 6.07 Å². The lowest BCUT2D eigenvalue weighted by atomic mass is 9.98. The summed E-state index contributed by atoms with van der Waals surface area (Å²) in [5, 5.41) is 11.8. The molecule has 20 heavy (non-hydrogen) atoms. The molecule has 110 valence electrons. The summed E-state index contributed by atoms with van der Waals surface area (Å²) in [6.45, 7) is 3.98. The van der Waals surface area contributed by atoms with Crippen LogP contribution in [0.3, 0.4) is 0 Å². The number of amidine groups is 1. The van der Waals surface area contributed by atoms with Gasteiger partial charge >= 0.3 is 0 Å². The van der Waals surface area contributed by atoms with Crippen molar-refractivity contribution in [3.05, 3.63) is 29.6 Å². The van der Waals surface area contributed by atoms with Crippen molar-refractivity contribution >= 4 is 11.5 Å². The molecular weight excluding hydrogens is 257 g/mol. The van der Waals surface area contributed by atoms with Gasteiger partial charge in [0.05, 0.1) is 11.3 Å². The molecule has 5 heteroatoms. The Morgan fingerprint density at radius 3 is 2.95 bits per heavy atom. The SMILES string of the molecule is CCC1CCCN(c2cccc(F)c2C(N)=NO)CC1. The number of hydrogen-bond donors (Lipinski definition) is 2. The van der Waals surface area contributed by atoms with Crippen LogP contribution >= 0.6 is 0 Å². The van der Waals surface area contributed by atoms with E-state index in [0.29, 0.717) is 0 Å². The fraction of sp³-hybridized carbons (Fsp3) is 0.533. The first-order chi connectivity index (χ1) is 9.67. The molecule has 1 fully saturated rings. The molecule has 0 spiro atoms. The number of oxime groups is 1. The predicted molar refractivity (Wildman–Crippen MR) is 78.8 cm³/mol. The van der Waals surface area contributed by atoms with Gasteiger partial charge in [-0.15, -0.1) is 0 Å². The maximum absolute atomic E-state index is 14.0. The maximum atomic E-state index is 14.0. The Balaban J connectivity index is 2.30. The first-order valence-electron chi connectivity index (χ1n) is 7.18. The van der Waals surface area contributed by atoms with Crippen LogP contribution in [0, 0.1) is 11.7 Å². The minimum Gasteiger partial charge on any atom is -0.409 e. The molecule has 1 aliphatic heterocycles. The average Bonchev–Trinajstić information content (AvgIpc) is 2.71. The van der Waals surface area contributed by atoms with Gasteiger partial charge in [-0.2, -0.15) is 0 Å². The lowest BCUT2D eigenvalue weighted by molar-refractivity contribution is 0.318. The molecule has 3 N–H and O–H groups in total. The smallest absolute Gasteiger partial charge is 0.175 e. The van der Waals surface area contributed by atoms with E-state index in [4.69, 9.17) is 10.9 Å². The van der Waals surface area contributed by atoms with E-state index in [1.54, 1.807) is 6.07 Å². The Labute approximate surface area is 119 Å². The third-order valence-corrected chi connectivity index (χ3v) is 4.12. The highest BCUT2D eigenvalue weighted by Gasteiger charge is 2.21. The van der Waals surface area contributed by atoms with Crippen molar-refractivity contribution in [2.24, 2.45) is 16.8 Å². The van der Waals surface area contributed by atoms with Gasteiger partial charge in [-0.1, -0.05) is 24.6 Å². The Morgan fingerprint density at radius 2 is 2.25 bits per heavy atom. The van der Waals surface area contributed by atoms with Crippen molar-refractivity contribution in [2.45, 2.75) is 32.6 Å². The van der Waals surface area contributed by atoms with Gasteiger partial charge in [-0.25, -0.2) is 4.39 Å². The largest absolute Gasteiger partial charge is 0.409 e. The third kappa shape index (κ3) is 3.03. The molecule has 0 saturated carbocycles. The van der Waals surface area contributed by atoms with E-state index in [0.717, 1.165) is 37.5 Å². The number of halogens is 1. The van der Waals surface area contributed by atoms with Crippen LogP contribution in [-0.2, 0) is 0 Å². The van der Waals surface area contributed by atoms with Crippen LogP contribution in [0.4, 0.5) is 10.1 Å². The highest BCUT2D eigenvalue weighted by Crippen LogP contribution is 2.28. The van der Waals surface area contributed by atoms with Crippen molar-refractivity contribution in [3.63, 3.8) is 0 Å². The number of hydrogen-bond acceptors (Lipinski definition) is 3. The summed E-state index contributed by atoms with van der Waals surface area (Å²) in [6.07, 6.45) is 4.58. The Kier molecular flexibility index (Phi) is 4.82. The summed E-state index contributed by atoms with van der Waals surface area (Å²) < 4.78 is 14.0. The second kappa shape index (κ2) is 6.59. The minimum absolute atomic E-state index is 0.172. The predicted octanol–water partition coefficient (Wildman–Crippen LogP) is 2.94. The molecule has 1 aliphatic rings. The number of nitrogens with two attached hydrogens (primary N) is 1. The molecule has 0 aromatic heterocycles. The Morgan fingerprint density at radius 1 is 1.45 bits per heavy atom. The van der Waals surface area contributed by atoms with Gasteiger partial charge in [-0.3, -0.25) is 0 Å². The van der Waals surface area contributed by atoms with Crippen LogP contribution in [0.1, 0.15) is 38.2 Å². The van der Waals surface area contributed by atoms with Crippen LogP contribution in [0.25, 0.3) is 0 Å². The van der Waals surface area contributed by atoms with Gasteiger partial charge in [0.25, 0.3) is 0 Å². The maximum Gasteiger partial charge on any atom is 0.175 e. The topological polar surface area (TPSA) is 61.8 Å². The average molecular weight is 279 g/mol. The molecule has 0 amide bonds. The highest BCUT2D eigenvalue weighted by molar-refractivity contribution is 6.02. The van der Waals surface area contributed by atoms with Crippen LogP contribution in [0.15, 0.2) is 23.4 Å². The normalized spacial score (nSPS) is 20.8. The lowest BCUT2D eigenvalue weighted by Crippen LogP contribution is -2.28. The van der Waals surface area contributed by atoms with E-state index in [9.17, 15) is 4.39 Å². The van der Waals surface area contributed by atoms with Gasteiger partial charge in [0, 0.05) is 13.1 Å². The quantitative estimate of drug-likeness (QED) is 0.387. The van der Waals surface area contributed by atoms with E-state index in [-0.39, 0.29) is 11.4 Å². The molecule has 1 atom stereocenters. The molecule has 4 nitrogen and oxygen atoms in total. The molecular formula is C15H22FN3O. The summed E-state index contributed by atoms with van der Waals surface area (Å²) in [4.78, 5) is 2.14. The Hall–Kier alpha value is -1.78. The number of benzene rings is 1. The second-order valence-corrected chi connectivity index (χ2v) is 5.31. The fourth-order valence-electron chi connectivity index (χ4n) is 2.89. The molecule has 1 heterocycles. The van der Waals surface area contributed by atoms with E-state index < -0.39 is 5.82 Å². The number of anilines is 1. The van der Waals surface area contributed by atoms with Crippen molar-refractivity contribution < 1.29 is 9.60 Å². The summed E-state index contributed by atoms with van der Waals surface area (Å²) in [5.41, 5.74) is 6.55. The fourth-order valence-corrected chi connectivity index (χ4v) is 2.89. The molecule has 1 aromatic carbocycles. The van der Waals surface area contributed by atoms with E-state index >= 15 is 0 Å². The zero-order valence-electron chi connectivity index (χ0n) is 11.8. The van der Waals surface area contributed by atoms with E-state index in [1.165, 1.54) is 18.9 Å². The summed E-state index contributed by atoms with van der Waals surface area (Å²) in [6, 6.07) is 4.84. The number of rotatable bonds is 3. The van der Waals surface area contributed by atoms with E-state index in [2.05, 4.69) is 17.0 Å². The third-order valence-electron chi connectivity index (χ3n) is 4.12. The molecule has 0 aliphatic carbocycles. The summed E-state index contributed by atoms with van der Waals surface area (Å²) >= 11 is 0. The van der Waals surface area contributed by atoms with Gasteiger partial charge in [0.1, 0.15) is 5.82 Å². The summed E-state index contributed by atoms with van der Waals surface area (Å²) in [7, 11) is 0. The molecule has 1 unspecified atom stereocenters.